The molecule has 0 bridgehead atoms. The molecule has 1 aromatic carbocycles. The Labute approximate surface area is 82.9 Å². The first-order chi connectivity index (χ1) is 6.65. The van der Waals surface area contributed by atoms with E-state index in [2.05, 4.69) is 6.92 Å². The van der Waals surface area contributed by atoms with E-state index in [-0.39, 0.29) is 5.69 Å². The van der Waals surface area contributed by atoms with Crippen molar-refractivity contribution in [3.8, 4) is 0 Å². The van der Waals surface area contributed by atoms with Crippen LogP contribution in [0, 0.1) is 10.1 Å². The zero-order chi connectivity index (χ0) is 10.6. The molecule has 0 amide bonds. The lowest BCUT2D eigenvalue weighted by Gasteiger charge is -2.09. The van der Waals surface area contributed by atoms with Crippen molar-refractivity contribution in [2.75, 3.05) is 6.54 Å². The van der Waals surface area contributed by atoms with Gasteiger partial charge < -0.3 is 5.73 Å². The highest BCUT2D eigenvalue weighted by Crippen LogP contribution is 2.20. The summed E-state index contributed by atoms with van der Waals surface area (Å²) in [6.07, 6.45) is 0.901. The van der Waals surface area contributed by atoms with Crippen LogP contribution in [0.4, 0.5) is 5.69 Å². The van der Waals surface area contributed by atoms with Crippen LogP contribution in [0.3, 0.4) is 0 Å². The summed E-state index contributed by atoms with van der Waals surface area (Å²) in [5, 5.41) is 10.4. The van der Waals surface area contributed by atoms with Crippen LogP contribution in [0.5, 0.6) is 0 Å². The van der Waals surface area contributed by atoms with Crippen LogP contribution in [0.1, 0.15) is 24.8 Å². The first kappa shape index (κ1) is 10.7. The molecule has 1 rings (SSSR count). The molecule has 14 heavy (non-hydrogen) atoms. The van der Waals surface area contributed by atoms with Gasteiger partial charge in [0.05, 0.1) is 4.92 Å². The molecule has 0 aliphatic rings. The Morgan fingerprint density at radius 2 is 2.00 bits per heavy atom. The molecule has 0 aliphatic heterocycles. The number of nitrogens with two attached hydrogens (primary N) is 1. The highest BCUT2D eigenvalue weighted by atomic mass is 16.6. The molecular formula is C10H14N2O2. The van der Waals surface area contributed by atoms with Crippen LogP contribution in [-0.2, 0) is 0 Å². The van der Waals surface area contributed by atoms with Crippen LogP contribution >= 0.6 is 0 Å². The van der Waals surface area contributed by atoms with Crippen molar-refractivity contribution in [1.82, 2.24) is 0 Å². The average Bonchev–Trinajstić information content (AvgIpc) is 2.18. The minimum atomic E-state index is -0.391. The minimum absolute atomic E-state index is 0.133. The number of nitrogens with zero attached hydrogens (tertiary/aromatic N) is 1. The summed E-state index contributed by atoms with van der Waals surface area (Å²) in [5.74, 6) is 0.362. The molecule has 0 fully saturated rings. The van der Waals surface area contributed by atoms with Crippen LogP contribution in [0.2, 0.25) is 0 Å². The second kappa shape index (κ2) is 4.72. The summed E-state index contributed by atoms with van der Waals surface area (Å²) < 4.78 is 0. The largest absolute Gasteiger partial charge is 0.330 e. The van der Waals surface area contributed by atoms with E-state index in [0.717, 1.165) is 12.0 Å². The lowest BCUT2D eigenvalue weighted by molar-refractivity contribution is -0.384. The molecular weight excluding hydrogens is 180 g/mol. The van der Waals surface area contributed by atoms with Gasteiger partial charge in [0.25, 0.3) is 5.69 Å². The monoisotopic (exact) mass is 194 g/mol. The molecule has 0 aliphatic carbocycles. The fourth-order valence-electron chi connectivity index (χ4n) is 1.34. The smallest absolute Gasteiger partial charge is 0.269 e. The SMILES string of the molecule is CC(CCN)c1ccc([N+](=O)[O-])cc1. The lowest BCUT2D eigenvalue weighted by atomic mass is 9.98. The lowest BCUT2D eigenvalue weighted by Crippen LogP contribution is -2.04. The topological polar surface area (TPSA) is 69.2 Å². The predicted octanol–water partition coefficient (Wildman–Crippen LogP) is 2.05. The molecule has 0 saturated carbocycles. The summed E-state index contributed by atoms with van der Waals surface area (Å²) in [4.78, 5) is 10.0. The third-order valence-corrected chi connectivity index (χ3v) is 2.27. The molecule has 0 radical (unpaired) electrons. The summed E-state index contributed by atoms with van der Waals surface area (Å²) in [6, 6.07) is 6.64. The van der Waals surface area contributed by atoms with Gasteiger partial charge >= 0.3 is 0 Å². The molecule has 76 valence electrons. The zero-order valence-corrected chi connectivity index (χ0v) is 8.14. The number of non-ortho nitro benzene ring substituents is 1. The van der Waals surface area contributed by atoms with Gasteiger partial charge in [-0.25, -0.2) is 0 Å². The van der Waals surface area contributed by atoms with E-state index in [1.54, 1.807) is 12.1 Å². The maximum Gasteiger partial charge on any atom is 0.269 e. The highest BCUT2D eigenvalue weighted by Gasteiger charge is 2.07. The van der Waals surface area contributed by atoms with Gasteiger partial charge in [-0.1, -0.05) is 19.1 Å². The van der Waals surface area contributed by atoms with Crippen LogP contribution in [-0.4, -0.2) is 11.5 Å². The van der Waals surface area contributed by atoms with Gasteiger partial charge in [0, 0.05) is 12.1 Å². The second-order valence-electron chi connectivity index (χ2n) is 3.33. The Morgan fingerprint density at radius 3 is 2.43 bits per heavy atom. The summed E-state index contributed by atoms with van der Waals surface area (Å²) in [6.45, 7) is 2.70. The van der Waals surface area contributed by atoms with E-state index in [4.69, 9.17) is 5.73 Å². The van der Waals surface area contributed by atoms with Crippen molar-refractivity contribution in [3.05, 3.63) is 39.9 Å². The number of hydrogen-bond donors (Lipinski definition) is 1. The van der Waals surface area contributed by atoms with Crippen molar-refractivity contribution >= 4 is 5.69 Å². The van der Waals surface area contributed by atoms with E-state index >= 15 is 0 Å². The van der Waals surface area contributed by atoms with E-state index in [0.29, 0.717) is 12.5 Å². The van der Waals surface area contributed by atoms with Gasteiger partial charge in [0.15, 0.2) is 0 Å². The second-order valence-corrected chi connectivity index (χ2v) is 3.33. The van der Waals surface area contributed by atoms with Crippen LogP contribution in [0.25, 0.3) is 0 Å². The van der Waals surface area contributed by atoms with E-state index in [1.807, 2.05) is 0 Å². The normalized spacial score (nSPS) is 12.4. The summed E-state index contributed by atoms with van der Waals surface area (Å²) >= 11 is 0. The third-order valence-electron chi connectivity index (χ3n) is 2.27. The van der Waals surface area contributed by atoms with Gasteiger partial charge in [-0.3, -0.25) is 10.1 Å². The van der Waals surface area contributed by atoms with Crippen molar-refractivity contribution < 1.29 is 4.92 Å². The Bertz CT molecular complexity index is 308. The van der Waals surface area contributed by atoms with Crippen molar-refractivity contribution in [2.24, 2.45) is 5.73 Å². The van der Waals surface area contributed by atoms with E-state index in [1.165, 1.54) is 12.1 Å². The van der Waals surface area contributed by atoms with Gasteiger partial charge in [0.1, 0.15) is 0 Å². The number of nitro groups is 1. The Kier molecular flexibility index (Phi) is 3.59. The minimum Gasteiger partial charge on any atom is -0.330 e. The number of nitro benzene ring substituents is 1. The third kappa shape index (κ3) is 2.53. The molecule has 1 aromatic rings. The van der Waals surface area contributed by atoms with Crippen molar-refractivity contribution in [1.29, 1.82) is 0 Å². The average molecular weight is 194 g/mol. The van der Waals surface area contributed by atoms with Crippen LogP contribution in [0.15, 0.2) is 24.3 Å². The molecule has 4 heteroatoms. The molecule has 4 nitrogen and oxygen atoms in total. The maximum atomic E-state index is 10.4. The maximum absolute atomic E-state index is 10.4. The van der Waals surface area contributed by atoms with Crippen LogP contribution < -0.4 is 5.73 Å². The molecule has 1 atom stereocenters. The van der Waals surface area contributed by atoms with Gasteiger partial charge in [-0.15, -0.1) is 0 Å². The fraction of sp³-hybridized carbons (Fsp3) is 0.400. The van der Waals surface area contributed by atoms with Crippen molar-refractivity contribution in [2.45, 2.75) is 19.3 Å². The molecule has 0 saturated heterocycles. The number of hydrogen-bond acceptors (Lipinski definition) is 3. The highest BCUT2D eigenvalue weighted by molar-refractivity contribution is 5.34. The molecule has 0 spiro atoms. The first-order valence-electron chi connectivity index (χ1n) is 4.59. The zero-order valence-electron chi connectivity index (χ0n) is 8.14. The molecule has 0 aromatic heterocycles. The van der Waals surface area contributed by atoms with E-state index in [9.17, 15) is 10.1 Å². The molecule has 0 heterocycles. The Morgan fingerprint density at radius 1 is 1.43 bits per heavy atom. The van der Waals surface area contributed by atoms with Gasteiger partial charge in [-0.05, 0) is 24.4 Å². The van der Waals surface area contributed by atoms with Gasteiger partial charge in [-0.2, -0.15) is 0 Å². The summed E-state index contributed by atoms with van der Waals surface area (Å²) in [5.41, 5.74) is 6.67. The standard InChI is InChI=1S/C10H14N2O2/c1-8(6-7-11)9-2-4-10(5-3-9)12(13)14/h2-5,8H,6-7,11H2,1H3. The fourth-order valence-corrected chi connectivity index (χ4v) is 1.34. The molecule has 2 N–H and O–H groups in total. The summed E-state index contributed by atoms with van der Waals surface area (Å²) in [7, 11) is 0. The van der Waals surface area contributed by atoms with Gasteiger partial charge in [0.2, 0.25) is 0 Å². The number of rotatable bonds is 4. The number of benzene rings is 1. The predicted molar refractivity (Wildman–Crippen MR) is 55.2 cm³/mol. The molecule has 1 unspecified atom stereocenters. The van der Waals surface area contributed by atoms with E-state index < -0.39 is 4.92 Å². The Balaban J connectivity index is 2.77. The quantitative estimate of drug-likeness (QED) is 0.589. The Hall–Kier alpha value is -1.42. The van der Waals surface area contributed by atoms with Crippen molar-refractivity contribution in [3.63, 3.8) is 0 Å². The first-order valence-corrected chi connectivity index (χ1v) is 4.59.